The average molecular weight is 255 g/mol. The molecular weight excluding hydrogens is 238 g/mol. The molecule has 94 valence electrons. The number of sulfonamides is 1. The summed E-state index contributed by atoms with van der Waals surface area (Å²) in [5, 5.41) is 9.46. The Morgan fingerprint density at radius 2 is 1.94 bits per heavy atom. The van der Waals surface area contributed by atoms with E-state index in [0.29, 0.717) is 13.0 Å². The predicted molar refractivity (Wildman–Crippen MR) is 66.0 cm³/mol. The highest BCUT2D eigenvalue weighted by Crippen LogP contribution is 2.27. The zero-order valence-electron chi connectivity index (χ0n) is 9.62. The number of aliphatic hydroxyl groups excluding tert-OH is 1. The molecule has 5 heteroatoms. The number of aliphatic hydroxyl groups is 1. The molecule has 0 amide bonds. The van der Waals surface area contributed by atoms with Crippen LogP contribution < -0.4 is 0 Å². The van der Waals surface area contributed by atoms with E-state index in [0.717, 1.165) is 12.0 Å². The van der Waals surface area contributed by atoms with Crippen LogP contribution in [0, 0.1) is 0 Å². The third kappa shape index (κ3) is 2.68. The van der Waals surface area contributed by atoms with Crippen molar-refractivity contribution in [2.75, 3.05) is 18.9 Å². The molecule has 0 aromatic heterocycles. The molecule has 0 bridgehead atoms. The molecule has 0 saturated carbocycles. The third-order valence-corrected chi connectivity index (χ3v) is 5.05. The molecular formula is C12H17NO3S. The molecule has 1 aromatic carbocycles. The van der Waals surface area contributed by atoms with Crippen LogP contribution in [0.1, 0.15) is 24.4 Å². The van der Waals surface area contributed by atoms with Gasteiger partial charge in [0.05, 0.1) is 18.4 Å². The normalized spacial score (nSPS) is 22.2. The monoisotopic (exact) mass is 255 g/mol. The first kappa shape index (κ1) is 12.5. The highest BCUT2D eigenvalue weighted by atomic mass is 32.2. The first-order valence-corrected chi connectivity index (χ1v) is 7.41. The molecule has 1 aliphatic rings. The van der Waals surface area contributed by atoms with E-state index in [-0.39, 0.29) is 12.4 Å². The van der Waals surface area contributed by atoms with Gasteiger partial charge >= 0.3 is 0 Å². The van der Waals surface area contributed by atoms with Gasteiger partial charge in [-0.1, -0.05) is 30.3 Å². The van der Waals surface area contributed by atoms with Gasteiger partial charge in [-0.25, -0.2) is 8.42 Å². The van der Waals surface area contributed by atoms with Gasteiger partial charge in [-0.05, 0) is 18.4 Å². The lowest BCUT2D eigenvalue weighted by Crippen LogP contribution is -2.41. The maximum Gasteiger partial charge on any atom is 0.214 e. The molecule has 1 aromatic rings. The lowest BCUT2D eigenvalue weighted by molar-refractivity contribution is 0.183. The van der Waals surface area contributed by atoms with Crippen LogP contribution in [0.4, 0.5) is 0 Å². The van der Waals surface area contributed by atoms with Crippen molar-refractivity contribution in [3.05, 3.63) is 35.9 Å². The van der Waals surface area contributed by atoms with Crippen LogP contribution in [0.5, 0.6) is 0 Å². The maximum atomic E-state index is 12.0. The first-order valence-electron chi connectivity index (χ1n) is 5.80. The van der Waals surface area contributed by atoms with Crippen molar-refractivity contribution in [3.63, 3.8) is 0 Å². The minimum absolute atomic E-state index is 0.177. The van der Waals surface area contributed by atoms with Crippen LogP contribution in [0.15, 0.2) is 30.3 Å². The fourth-order valence-electron chi connectivity index (χ4n) is 2.20. The van der Waals surface area contributed by atoms with E-state index in [1.54, 1.807) is 0 Å². The Balaban J connectivity index is 2.30. The van der Waals surface area contributed by atoms with Crippen molar-refractivity contribution < 1.29 is 13.5 Å². The summed E-state index contributed by atoms with van der Waals surface area (Å²) in [6.07, 6.45) is 1.58. The Labute approximate surface area is 102 Å². The van der Waals surface area contributed by atoms with Crippen LogP contribution in [0.25, 0.3) is 0 Å². The Morgan fingerprint density at radius 1 is 1.24 bits per heavy atom. The van der Waals surface area contributed by atoms with Gasteiger partial charge in [0.2, 0.25) is 10.0 Å². The zero-order chi connectivity index (χ0) is 12.3. The second-order valence-corrected chi connectivity index (χ2v) is 6.28. The van der Waals surface area contributed by atoms with E-state index in [1.165, 1.54) is 4.31 Å². The summed E-state index contributed by atoms with van der Waals surface area (Å²) in [6, 6.07) is 8.85. The Morgan fingerprint density at radius 3 is 2.53 bits per heavy atom. The molecule has 2 rings (SSSR count). The second kappa shape index (κ2) is 5.16. The predicted octanol–water partition coefficient (Wildman–Crippen LogP) is 1.15. The number of nitrogens with zero attached hydrogens (tertiary/aromatic N) is 1. The minimum atomic E-state index is -3.21. The molecule has 1 heterocycles. The van der Waals surface area contributed by atoms with E-state index in [9.17, 15) is 13.5 Å². The molecule has 0 radical (unpaired) electrons. The van der Waals surface area contributed by atoms with Crippen molar-refractivity contribution in [2.45, 2.75) is 18.9 Å². The van der Waals surface area contributed by atoms with Crippen molar-refractivity contribution in [3.8, 4) is 0 Å². The number of benzene rings is 1. The fraction of sp³-hybridized carbons (Fsp3) is 0.500. The van der Waals surface area contributed by atoms with Gasteiger partial charge in [-0.3, -0.25) is 0 Å². The molecule has 0 unspecified atom stereocenters. The Kier molecular flexibility index (Phi) is 3.81. The van der Waals surface area contributed by atoms with Crippen LogP contribution in [-0.2, 0) is 10.0 Å². The van der Waals surface area contributed by atoms with Gasteiger partial charge in [0.15, 0.2) is 0 Å². The van der Waals surface area contributed by atoms with Crippen LogP contribution in [0.2, 0.25) is 0 Å². The molecule has 1 N–H and O–H groups in total. The van der Waals surface area contributed by atoms with Gasteiger partial charge in [0.25, 0.3) is 0 Å². The lowest BCUT2D eigenvalue weighted by atomic mass is 10.1. The Bertz CT molecular complexity index is 458. The van der Waals surface area contributed by atoms with Gasteiger partial charge in [0, 0.05) is 6.54 Å². The lowest BCUT2D eigenvalue weighted by Gasteiger charge is -2.32. The summed E-state index contributed by atoms with van der Waals surface area (Å²) in [5.41, 5.74) is 0.848. The smallest absolute Gasteiger partial charge is 0.214 e. The standard InChI is InChI=1S/C12H17NO3S/c14-10-12(11-6-2-1-3-7-11)13-8-4-5-9-17(13,15)16/h1-3,6-7,12,14H,4-5,8-10H2/t12-/m0/s1. The fourth-order valence-corrected chi connectivity index (χ4v) is 3.98. The van der Waals surface area contributed by atoms with Crippen molar-refractivity contribution >= 4 is 10.0 Å². The van der Waals surface area contributed by atoms with Crippen molar-refractivity contribution in [1.29, 1.82) is 0 Å². The summed E-state index contributed by atoms with van der Waals surface area (Å²) in [7, 11) is -3.21. The number of hydrogen-bond donors (Lipinski definition) is 1. The summed E-state index contributed by atoms with van der Waals surface area (Å²) in [4.78, 5) is 0. The van der Waals surface area contributed by atoms with Crippen molar-refractivity contribution in [2.24, 2.45) is 0 Å². The van der Waals surface area contributed by atoms with Crippen LogP contribution in [-0.4, -0.2) is 36.7 Å². The quantitative estimate of drug-likeness (QED) is 0.881. The molecule has 1 aliphatic heterocycles. The maximum absolute atomic E-state index is 12.0. The van der Waals surface area contributed by atoms with E-state index in [1.807, 2.05) is 30.3 Å². The Hall–Kier alpha value is -0.910. The first-order chi connectivity index (χ1) is 8.15. The number of rotatable bonds is 3. The average Bonchev–Trinajstić information content (AvgIpc) is 2.33. The van der Waals surface area contributed by atoms with E-state index in [4.69, 9.17) is 0 Å². The SMILES string of the molecule is O=S1(=O)CCCCN1[C@@H](CO)c1ccccc1. The zero-order valence-corrected chi connectivity index (χ0v) is 10.4. The van der Waals surface area contributed by atoms with Crippen LogP contribution >= 0.6 is 0 Å². The van der Waals surface area contributed by atoms with E-state index >= 15 is 0 Å². The molecule has 0 aliphatic carbocycles. The topological polar surface area (TPSA) is 57.6 Å². The highest BCUT2D eigenvalue weighted by molar-refractivity contribution is 7.89. The minimum Gasteiger partial charge on any atom is -0.394 e. The summed E-state index contributed by atoms with van der Waals surface area (Å²) >= 11 is 0. The van der Waals surface area contributed by atoms with Gasteiger partial charge in [0.1, 0.15) is 0 Å². The third-order valence-electron chi connectivity index (χ3n) is 3.09. The van der Waals surface area contributed by atoms with E-state index < -0.39 is 16.1 Å². The molecule has 0 spiro atoms. The summed E-state index contributed by atoms with van der Waals surface area (Å²) < 4.78 is 25.4. The van der Waals surface area contributed by atoms with Crippen molar-refractivity contribution in [1.82, 2.24) is 4.31 Å². The molecule has 1 atom stereocenters. The van der Waals surface area contributed by atoms with Gasteiger partial charge < -0.3 is 5.11 Å². The highest BCUT2D eigenvalue weighted by Gasteiger charge is 2.32. The summed E-state index contributed by atoms with van der Waals surface area (Å²) in [6.45, 7) is 0.325. The summed E-state index contributed by atoms with van der Waals surface area (Å²) in [5.74, 6) is 0.191. The number of hydrogen-bond acceptors (Lipinski definition) is 3. The van der Waals surface area contributed by atoms with Crippen LogP contribution in [0.3, 0.4) is 0 Å². The molecule has 1 saturated heterocycles. The largest absolute Gasteiger partial charge is 0.394 e. The van der Waals surface area contributed by atoms with Gasteiger partial charge in [-0.15, -0.1) is 0 Å². The second-order valence-electron chi connectivity index (χ2n) is 4.24. The molecule has 17 heavy (non-hydrogen) atoms. The molecule has 1 fully saturated rings. The molecule has 4 nitrogen and oxygen atoms in total. The van der Waals surface area contributed by atoms with E-state index in [2.05, 4.69) is 0 Å². The van der Waals surface area contributed by atoms with Gasteiger partial charge in [-0.2, -0.15) is 4.31 Å².